The van der Waals surface area contributed by atoms with E-state index in [0.29, 0.717) is 19.3 Å². The molecule has 0 spiro atoms. The summed E-state index contributed by atoms with van der Waals surface area (Å²) in [6, 6.07) is 0. The third kappa shape index (κ3) is 32.6. The summed E-state index contributed by atoms with van der Waals surface area (Å²) < 4.78 is 33.5. The van der Waals surface area contributed by atoms with Gasteiger partial charge in [-0.1, -0.05) is 157 Å². The number of esters is 2. The number of ether oxygens (including phenoxy) is 2. The van der Waals surface area contributed by atoms with Crippen molar-refractivity contribution >= 4 is 19.8 Å². The van der Waals surface area contributed by atoms with Crippen LogP contribution in [0.1, 0.15) is 181 Å². The Labute approximate surface area is 391 Å². The molecule has 374 valence electrons. The Morgan fingerprint density at radius 2 is 0.846 bits per heavy atom. The highest BCUT2D eigenvalue weighted by molar-refractivity contribution is 7.47. The van der Waals surface area contributed by atoms with Gasteiger partial charge in [0.15, 0.2) is 6.10 Å². The van der Waals surface area contributed by atoms with Crippen LogP contribution in [0.25, 0.3) is 0 Å². The summed E-state index contributed by atoms with van der Waals surface area (Å²) in [5.74, 6) is -1.19. The number of carbonyl (C=O) groups is 2. The minimum absolute atomic E-state index is 0.0655. The summed E-state index contributed by atoms with van der Waals surface area (Å²) in [6.07, 6.45) is 38.2. The van der Waals surface area contributed by atoms with Crippen LogP contribution in [-0.2, 0) is 32.7 Å². The molecule has 0 aliphatic heterocycles. The highest BCUT2D eigenvalue weighted by Crippen LogP contribution is 2.47. The lowest BCUT2D eigenvalue weighted by Crippen LogP contribution is -2.64. The zero-order chi connectivity index (χ0) is 47.8. The van der Waals surface area contributed by atoms with Gasteiger partial charge in [0, 0.05) is 12.8 Å². The molecule has 0 radical (unpaired) electrons. The molecule has 65 heavy (non-hydrogen) atoms. The van der Waals surface area contributed by atoms with Crippen molar-refractivity contribution in [1.82, 2.24) is 0 Å². The molecule has 0 heterocycles. The Morgan fingerprint density at radius 3 is 1.34 bits per heavy atom. The van der Waals surface area contributed by atoms with Crippen LogP contribution in [0.15, 0.2) is 72.9 Å². The lowest BCUT2D eigenvalue weighted by Gasteiger charge is -2.41. The first-order valence-electron chi connectivity index (χ1n) is 24.7. The lowest BCUT2D eigenvalue weighted by atomic mass is 9.85. The average molecular weight is 939 g/mol. The normalized spacial score (nSPS) is 22.0. The molecule has 1 saturated carbocycles. The molecule has 1 aliphatic carbocycles. The average Bonchev–Trinajstić information content (AvgIpc) is 3.29. The van der Waals surface area contributed by atoms with Crippen molar-refractivity contribution in [3.63, 3.8) is 0 Å². The van der Waals surface area contributed by atoms with E-state index in [9.17, 15) is 44.6 Å². The molecule has 0 aromatic rings. The van der Waals surface area contributed by atoms with Gasteiger partial charge in [-0.2, -0.15) is 0 Å². The van der Waals surface area contributed by atoms with Gasteiger partial charge in [0.05, 0.1) is 6.61 Å². The van der Waals surface area contributed by atoms with Gasteiger partial charge in [-0.15, -0.1) is 0 Å². The maximum absolute atomic E-state index is 12.8. The molecule has 14 heteroatoms. The summed E-state index contributed by atoms with van der Waals surface area (Å²) in [5, 5.41) is 50.2. The Bertz CT molecular complexity index is 1410. The molecule has 0 aromatic carbocycles. The third-order valence-electron chi connectivity index (χ3n) is 11.0. The van der Waals surface area contributed by atoms with Crippen LogP contribution in [-0.4, -0.2) is 98.3 Å². The minimum atomic E-state index is -5.14. The predicted molar refractivity (Wildman–Crippen MR) is 258 cm³/mol. The van der Waals surface area contributed by atoms with Crippen molar-refractivity contribution in [2.24, 2.45) is 0 Å². The molecule has 0 bridgehead atoms. The monoisotopic (exact) mass is 939 g/mol. The van der Waals surface area contributed by atoms with Crippen LogP contribution >= 0.6 is 7.82 Å². The summed E-state index contributed by atoms with van der Waals surface area (Å²) >= 11 is 0. The summed E-state index contributed by atoms with van der Waals surface area (Å²) in [7, 11) is -5.14. The van der Waals surface area contributed by atoms with Crippen LogP contribution in [0.3, 0.4) is 0 Å². The van der Waals surface area contributed by atoms with Gasteiger partial charge in [-0.25, -0.2) is 4.57 Å². The maximum atomic E-state index is 12.8. The third-order valence-corrected chi connectivity index (χ3v) is 12.0. The largest absolute Gasteiger partial charge is 0.472 e. The Hall–Kier alpha value is -2.71. The van der Waals surface area contributed by atoms with Crippen LogP contribution in [0, 0.1) is 0 Å². The molecule has 0 aromatic heterocycles. The van der Waals surface area contributed by atoms with E-state index in [4.69, 9.17) is 18.5 Å². The van der Waals surface area contributed by atoms with E-state index in [1.54, 1.807) is 0 Å². The lowest BCUT2D eigenvalue weighted by molar-refractivity contribution is -0.220. The van der Waals surface area contributed by atoms with Crippen molar-refractivity contribution in [3.8, 4) is 0 Å². The Morgan fingerprint density at radius 1 is 0.477 bits per heavy atom. The van der Waals surface area contributed by atoms with Crippen molar-refractivity contribution in [3.05, 3.63) is 72.9 Å². The number of hydrogen-bond donors (Lipinski definition) is 6. The number of phosphoric acid groups is 1. The second kappa shape index (κ2) is 40.4. The Balaban J connectivity index is 2.48. The van der Waals surface area contributed by atoms with Gasteiger partial charge in [0.25, 0.3) is 0 Å². The standard InChI is InChI=1S/C51H87O13P/c1-3-5-7-9-11-13-15-17-19-20-21-22-23-24-26-27-29-31-33-35-37-39-44(52)61-41-43(42-62-65(59,60)64-51-49(57)47(55)46(54)48(56)50(51)58)63-45(53)40-38-36-34-32-30-28-25-18-16-14-12-10-8-6-4-2/h12,14,18-20,22-23,25-27,31,33,43,46-51,54-58H,3-11,13,15-17,21,24,28-30,32,34-42H2,1-2H3,(H,59,60)/b14-12+,20-19+,23-22+,25-18+,27-26+,33-31+/t43-,46?,47-,48?,49?,50?,51?/m0/s1. The molecule has 0 amide bonds. The van der Waals surface area contributed by atoms with Crippen molar-refractivity contribution in [2.75, 3.05) is 13.2 Å². The first-order valence-corrected chi connectivity index (χ1v) is 26.2. The van der Waals surface area contributed by atoms with Gasteiger partial charge < -0.3 is 39.9 Å². The van der Waals surface area contributed by atoms with Gasteiger partial charge in [0.2, 0.25) is 0 Å². The van der Waals surface area contributed by atoms with E-state index in [0.717, 1.165) is 70.6 Å². The molecular weight excluding hydrogens is 852 g/mol. The number of rotatable bonds is 40. The van der Waals surface area contributed by atoms with Crippen LogP contribution in [0.5, 0.6) is 0 Å². The molecule has 6 N–H and O–H groups in total. The van der Waals surface area contributed by atoms with Gasteiger partial charge in [-0.3, -0.25) is 18.6 Å². The van der Waals surface area contributed by atoms with E-state index in [2.05, 4.69) is 74.6 Å². The number of allylic oxidation sites excluding steroid dienone is 12. The number of carbonyl (C=O) groups excluding carboxylic acids is 2. The zero-order valence-corrected chi connectivity index (χ0v) is 40.7. The fraction of sp³-hybridized carbons (Fsp3) is 0.725. The van der Waals surface area contributed by atoms with Gasteiger partial charge in [0.1, 0.15) is 43.2 Å². The molecule has 1 rings (SSSR count). The number of unbranched alkanes of at least 4 members (excludes halogenated alkanes) is 16. The molecule has 1 fully saturated rings. The molecule has 13 nitrogen and oxygen atoms in total. The first-order chi connectivity index (χ1) is 31.4. The van der Waals surface area contributed by atoms with Crippen LogP contribution in [0.2, 0.25) is 0 Å². The van der Waals surface area contributed by atoms with E-state index < -0.39 is 75.7 Å². The quantitative estimate of drug-likeness (QED) is 0.0146. The van der Waals surface area contributed by atoms with Crippen molar-refractivity contribution in [2.45, 2.75) is 224 Å². The molecule has 1 aliphatic rings. The summed E-state index contributed by atoms with van der Waals surface area (Å²) in [5.41, 5.74) is 0. The Kier molecular flexibility index (Phi) is 37.5. The summed E-state index contributed by atoms with van der Waals surface area (Å²) in [6.45, 7) is 3.21. The predicted octanol–water partition coefficient (Wildman–Crippen LogP) is 10.3. The smallest absolute Gasteiger partial charge is 0.462 e. The van der Waals surface area contributed by atoms with E-state index in [1.807, 2.05) is 12.2 Å². The fourth-order valence-corrected chi connectivity index (χ4v) is 7.99. The molecule has 6 unspecified atom stereocenters. The van der Waals surface area contributed by atoms with Crippen molar-refractivity contribution < 1.29 is 63.1 Å². The van der Waals surface area contributed by atoms with Crippen molar-refractivity contribution in [1.29, 1.82) is 0 Å². The van der Waals surface area contributed by atoms with Crippen LogP contribution in [0.4, 0.5) is 0 Å². The van der Waals surface area contributed by atoms with Gasteiger partial charge >= 0.3 is 19.8 Å². The second-order valence-corrected chi connectivity index (χ2v) is 18.4. The highest BCUT2D eigenvalue weighted by atomic mass is 31.2. The van der Waals surface area contributed by atoms with Gasteiger partial charge in [-0.05, 0) is 83.5 Å². The van der Waals surface area contributed by atoms with E-state index >= 15 is 0 Å². The number of phosphoric ester groups is 1. The number of hydrogen-bond acceptors (Lipinski definition) is 12. The first kappa shape index (κ1) is 60.3. The number of aliphatic hydroxyl groups excluding tert-OH is 5. The number of aliphatic hydroxyl groups is 5. The fourth-order valence-electron chi connectivity index (χ4n) is 7.02. The molecular formula is C51H87O13P. The molecule has 0 saturated heterocycles. The summed E-state index contributed by atoms with van der Waals surface area (Å²) in [4.78, 5) is 35.7. The van der Waals surface area contributed by atoms with Crippen LogP contribution < -0.4 is 0 Å². The highest BCUT2D eigenvalue weighted by Gasteiger charge is 2.51. The topological polar surface area (TPSA) is 210 Å². The zero-order valence-electron chi connectivity index (χ0n) is 39.8. The second-order valence-electron chi connectivity index (χ2n) is 17.0. The molecule has 8 atom stereocenters. The maximum Gasteiger partial charge on any atom is 0.472 e. The SMILES string of the molecule is CCCCC/C=C/C/C=C/CCCCCCCC(=O)O[C@@H](COC(=O)CCC/C=C/C/C=C/C/C=C/C/C=C/CCCCCCCCC)COP(=O)(O)OC1C(O)C(O)C(O)[C@H](O)C1O. The van der Waals surface area contributed by atoms with E-state index in [-0.39, 0.29) is 12.8 Å². The minimum Gasteiger partial charge on any atom is -0.462 e. The van der Waals surface area contributed by atoms with E-state index in [1.165, 1.54) is 64.2 Å².